The first kappa shape index (κ1) is 18.0. The first-order valence-corrected chi connectivity index (χ1v) is 7.47. The van der Waals surface area contributed by atoms with Crippen molar-refractivity contribution in [1.82, 2.24) is 5.32 Å². The zero-order valence-electron chi connectivity index (χ0n) is 10.8. The van der Waals surface area contributed by atoms with Gasteiger partial charge in [-0.2, -0.15) is 8.42 Å². The van der Waals surface area contributed by atoms with Crippen molar-refractivity contribution in [3.8, 4) is 0 Å². The molecule has 0 spiro atoms. The van der Waals surface area contributed by atoms with Crippen molar-refractivity contribution in [3.63, 3.8) is 0 Å². The van der Waals surface area contributed by atoms with Crippen LogP contribution in [0.5, 0.6) is 0 Å². The van der Waals surface area contributed by atoms with Gasteiger partial charge < -0.3 is 15.8 Å². The molecular formula is C10H20N2O6S. The fourth-order valence-electron chi connectivity index (χ4n) is 1.20. The second kappa shape index (κ2) is 8.97. The molecule has 0 fully saturated rings. The quantitative estimate of drug-likeness (QED) is 0.257. The summed E-state index contributed by atoms with van der Waals surface area (Å²) in [5.41, 5.74) is 5.50. The smallest absolute Gasteiger partial charge is 0.322 e. The number of rotatable bonds is 10. The van der Waals surface area contributed by atoms with Crippen LogP contribution in [0, 0.1) is 0 Å². The molecule has 0 aromatic carbocycles. The zero-order chi connectivity index (χ0) is 14.9. The Kier molecular flexibility index (Phi) is 8.48. The van der Waals surface area contributed by atoms with E-state index >= 15 is 0 Å². The van der Waals surface area contributed by atoms with Crippen LogP contribution in [0.3, 0.4) is 0 Å². The lowest BCUT2D eigenvalue weighted by Crippen LogP contribution is -2.34. The number of ether oxygens (including phenoxy) is 1. The van der Waals surface area contributed by atoms with Gasteiger partial charge in [-0.3, -0.25) is 14.1 Å². The molecule has 112 valence electrons. The van der Waals surface area contributed by atoms with Gasteiger partial charge in [0.15, 0.2) is 0 Å². The topological polar surface area (TPSA) is 136 Å². The van der Waals surface area contributed by atoms with E-state index in [1.54, 1.807) is 6.92 Å². The van der Waals surface area contributed by atoms with Crippen molar-refractivity contribution < 1.29 is 27.3 Å². The van der Waals surface area contributed by atoms with E-state index in [9.17, 15) is 18.0 Å². The molecule has 19 heavy (non-hydrogen) atoms. The molecule has 1 atom stereocenters. The van der Waals surface area contributed by atoms with Gasteiger partial charge in [-0.05, 0) is 13.3 Å². The molecule has 0 amide bonds. The molecule has 1 unspecified atom stereocenters. The van der Waals surface area contributed by atoms with E-state index in [4.69, 9.17) is 10.3 Å². The van der Waals surface area contributed by atoms with E-state index in [0.29, 0.717) is 0 Å². The lowest BCUT2D eigenvalue weighted by Gasteiger charge is -2.09. The van der Waals surface area contributed by atoms with Gasteiger partial charge in [-0.15, -0.1) is 0 Å². The van der Waals surface area contributed by atoms with Crippen LogP contribution in [0.2, 0.25) is 0 Å². The number of nitrogens with one attached hydrogen (secondary N) is 1. The van der Waals surface area contributed by atoms with E-state index in [1.807, 2.05) is 0 Å². The Morgan fingerprint density at radius 2 is 2.05 bits per heavy atom. The summed E-state index contributed by atoms with van der Waals surface area (Å²) in [7, 11) is -4.02. The predicted octanol–water partition coefficient (Wildman–Crippen LogP) is -1.30. The third-order valence-electron chi connectivity index (χ3n) is 2.18. The average Bonchev–Trinajstić information content (AvgIpc) is 2.30. The summed E-state index contributed by atoms with van der Waals surface area (Å²) in [4.78, 5) is 22.5. The molecule has 0 aromatic heterocycles. The SMILES string of the molecule is CCOC(=O)C(N)CCC(=O)CNCCS(=O)(=O)O. The van der Waals surface area contributed by atoms with Gasteiger partial charge in [0.2, 0.25) is 0 Å². The maximum Gasteiger partial charge on any atom is 0.322 e. The third-order valence-corrected chi connectivity index (χ3v) is 2.90. The Morgan fingerprint density at radius 1 is 1.42 bits per heavy atom. The summed E-state index contributed by atoms with van der Waals surface area (Å²) in [6.07, 6.45) is 0.274. The Bertz CT molecular complexity index is 395. The van der Waals surface area contributed by atoms with Crippen LogP contribution in [0.25, 0.3) is 0 Å². The fourth-order valence-corrected chi connectivity index (χ4v) is 1.60. The first-order chi connectivity index (χ1) is 8.76. The van der Waals surface area contributed by atoms with Crippen molar-refractivity contribution in [2.45, 2.75) is 25.8 Å². The minimum absolute atomic E-state index is 0.0193. The van der Waals surface area contributed by atoms with E-state index in [-0.39, 0.29) is 38.3 Å². The van der Waals surface area contributed by atoms with E-state index in [1.165, 1.54) is 0 Å². The number of nitrogens with two attached hydrogens (primary N) is 1. The summed E-state index contributed by atoms with van der Waals surface area (Å²) >= 11 is 0. The Hall–Kier alpha value is -1.03. The van der Waals surface area contributed by atoms with Crippen LogP contribution >= 0.6 is 0 Å². The first-order valence-electron chi connectivity index (χ1n) is 5.86. The maximum atomic E-state index is 11.4. The number of ketones is 1. The van der Waals surface area contributed by atoms with Crippen molar-refractivity contribution in [3.05, 3.63) is 0 Å². The molecule has 0 aliphatic carbocycles. The van der Waals surface area contributed by atoms with Crippen LogP contribution in [0.1, 0.15) is 19.8 Å². The van der Waals surface area contributed by atoms with E-state index in [2.05, 4.69) is 10.1 Å². The van der Waals surface area contributed by atoms with Crippen LogP contribution in [-0.2, 0) is 24.4 Å². The summed E-state index contributed by atoms with van der Waals surface area (Å²) < 4.78 is 33.9. The highest BCUT2D eigenvalue weighted by atomic mass is 32.2. The van der Waals surface area contributed by atoms with Crippen molar-refractivity contribution >= 4 is 21.9 Å². The Morgan fingerprint density at radius 3 is 2.58 bits per heavy atom. The van der Waals surface area contributed by atoms with Gasteiger partial charge in [-0.1, -0.05) is 0 Å². The second-order valence-corrected chi connectivity index (χ2v) is 5.47. The second-order valence-electron chi connectivity index (χ2n) is 3.90. The number of carbonyl (C=O) groups is 2. The predicted molar refractivity (Wildman–Crippen MR) is 68.1 cm³/mol. The number of esters is 1. The number of carbonyl (C=O) groups excluding carboxylic acids is 2. The van der Waals surface area contributed by atoms with E-state index in [0.717, 1.165) is 0 Å². The maximum absolute atomic E-state index is 11.4. The van der Waals surface area contributed by atoms with Gasteiger partial charge in [0, 0.05) is 13.0 Å². The Balaban J connectivity index is 3.73. The van der Waals surface area contributed by atoms with E-state index < -0.39 is 27.9 Å². The molecule has 0 heterocycles. The number of hydrogen-bond donors (Lipinski definition) is 3. The molecule has 0 aromatic rings. The molecule has 0 aliphatic heterocycles. The van der Waals surface area contributed by atoms with Crippen LogP contribution in [-0.4, -0.2) is 56.2 Å². The molecule has 0 rings (SSSR count). The molecule has 0 radical (unpaired) electrons. The molecule has 0 aliphatic rings. The molecule has 4 N–H and O–H groups in total. The molecule has 9 heteroatoms. The minimum Gasteiger partial charge on any atom is -0.465 e. The molecule has 8 nitrogen and oxygen atoms in total. The highest BCUT2D eigenvalue weighted by Gasteiger charge is 2.15. The lowest BCUT2D eigenvalue weighted by atomic mass is 10.1. The van der Waals surface area contributed by atoms with Gasteiger partial charge in [0.1, 0.15) is 11.8 Å². The highest BCUT2D eigenvalue weighted by molar-refractivity contribution is 7.85. The summed E-state index contributed by atoms with van der Waals surface area (Å²) in [6, 6.07) is -0.832. The van der Waals surface area contributed by atoms with Crippen LogP contribution in [0.4, 0.5) is 0 Å². The van der Waals surface area contributed by atoms with Gasteiger partial charge in [-0.25, -0.2) is 0 Å². The monoisotopic (exact) mass is 296 g/mol. The fraction of sp³-hybridized carbons (Fsp3) is 0.800. The molecule has 0 saturated carbocycles. The van der Waals surface area contributed by atoms with Crippen molar-refractivity contribution in [2.75, 3.05) is 25.4 Å². The normalized spacial score (nSPS) is 13.0. The average molecular weight is 296 g/mol. The third kappa shape index (κ3) is 10.6. The molecule has 0 bridgehead atoms. The summed E-state index contributed by atoms with van der Waals surface area (Å²) in [5.74, 6) is -1.20. The number of hydrogen-bond acceptors (Lipinski definition) is 7. The van der Waals surface area contributed by atoms with Crippen molar-refractivity contribution in [1.29, 1.82) is 0 Å². The summed E-state index contributed by atoms with van der Waals surface area (Å²) in [5, 5.41) is 2.57. The summed E-state index contributed by atoms with van der Waals surface area (Å²) in [6.45, 7) is 1.84. The minimum atomic E-state index is -4.02. The van der Waals surface area contributed by atoms with Gasteiger partial charge >= 0.3 is 5.97 Å². The highest BCUT2D eigenvalue weighted by Crippen LogP contribution is 1.98. The van der Waals surface area contributed by atoms with Crippen LogP contribution < -0.4 is 11.1 Å². The Labute approximate surface area is 112 Å². The van der Waals surface area contributed by atoms with Crippen molar-refractivity contribution in [2.24, 2.45) is 5.73 Å². The lowest BCUT2D eigenvalue weighted by molar-refractivity contribution is -0.144. The zero-order valence-corrected chi connectivity index (χ0v) is 11.6. The molecule has 0 saturated heterocycles. The van der Waals surface area contributed by atoms with Gasteiger partial charge in [0.05, 0.1) is 18.9 Å². The standard InChI is InChI=1S/C10H20N2O6S/c1-2-18-10(14)9(11)4-3-8(13)7-12-5-6-19(15,16)17/h9,12H,2-7,11H2,1H3,(H,15,16,17). The van der Waals surface area contributed by atoms with Gasteiger partial charge in [0.25, 0.3) is 10.1 Å². The van der Waals surface area contributed by atoms with Crippen LogP contribution in [0.15, 0.2) is 0 Å². The number of Topliss-reactive ketones (excluding diaryl/α,β-unsaturated/α-hetero) is 1. The largest absolute Gasteiger partial charge is 0.465 e. The molecular weight excluding hydrogens is 276 g/mol.